The molecule has 0 bridgehead atoms. The lowest BCUT2D eigenvalue weighted by molar-refractivity contribution is 0.501. The summed E-state index contributed by atoms with van der Waals surface area (Å²) in [6.07, 6.45) is 7.62. The second-order valence-electron chi connectivity index (χ2n) is 3.49. The number of rotatable bonds is 5. The summed E-state index contributed by atoms with van der Waals surface area (Å²) in [6, 6.07) is 4.88. The van der Waals surface area contributed by atoms with Crippen LogP contribution in [0.2, 0.25) is 0 Å². The summed E-state index contributed by atoms with van der Waals surface area (Å²) in [6.45, 7) is 0. The summed E-state index contributed by atoms with van der Waals surface area (Å²) in [5.74, 6) is 7.77. The van der Waals surface area contributed by atoms with Crippen molar-refractivity contribution < 1.29 is 4.39 Å². The molecule has 4 heteroatoms. The monoisotopic (exact) mass is 284 g/mol. The molecular formula is C12H14BrFN2. The van der Waals surface area contributed by atoms with Gasteiger partial charge in [-0.2, -0.15) is 0 Å². The molecule has 0 saturated carbocycles. The predicted molar refractivity (Wildman–Crippen MR) is 66.8 cm³/mol. The zero-order valence-corrected chi connectivity index (χ0v) is 10.4. The maximum atomic E-state index is 13.0. The van der Waals surface area contributed by atoms with Gasteiger partial charge in [0, 0.05) is 12.5 Å². The van der Waals surface area contributed by atoms with Crippen molar-refractivity contribution in [3.05, 3.63) is 34.1 Å². The zero-order chi connectivity index (χ0) is 12.0. The normalized spacial score (nSPS) is 12.1. The molecule has 1 rings (SSSR count). The van der Waals surface area contributed by atoms with Crippen molar-refractivity contribution in [1.82, 2.24) is 5.43 Å². The van der Waals surface area contributed by atoms with Crippen molar-refractivity contribution in [3.63, 3.8) is 0 Å². The third kappa shape index (κ3) is 3.60. The van der Waals surface area contributed by atoms with E-state index in [1.807, 2.05) is 0 Å². The van der Waals surface area contributed by atoms with Crippen LogP contribution in [0.5, 0.6) is 0 Å². The molecule has 0 saturated heterocycles. The number of benzene rings is 1. The van der Waals surface area contributed by atoms with Gasteiger partial charge >= 0.3 is 0 Å². The van der Waals surface area contributed by atoms with Crippen molar-refractivity contribution in [2.24, 2.45) is 5.84 Å². The van der Waals surface area contributed by atoms with Crippen molar-refractivity contribution in [3.8, 4) is 12.3 Å². The van der Waals surface area contributed by atoms with Gasteiger partial charge < -0.3 is 0 Å². The zero-order valence-electron chi connectivity index (χ0n) is 8.84. The molecule has 2 nitrogen and oxygen atoms in total. The fourth-order valence-corrected chi connectivity index (χ4v) is 1.88. The van der Waals surface area contributed by atoms with Crippen molar-refractivity contribution in [1.29, 1.82) is 0 Å². The summed E-state index contributed by atoms with van der Waals surface area (Å²) < 4.78 is 13.5. The highest BCUT2D eigenvalue weighted by atomic mass is 79.9. The average molecular weight is 285 g/mol. The highest BCUT2D eigenvalue weighted by Gasteiger charge is 2.10. The van der Waals surface area contributed by atoms with Gasteiger partial charge in [-0.25, -0.2) is 4.39 Å². The molecule has 0 fully saturated rings. The van der Waals surface area contributed by atoms with Crippen molar-refractivity contribution in [2.45, 2.75) is 25.3 Å². The van der Waals surface area contributed by atoms with Crippen LogP contribution in [0.4, 0.5) is 4.39 Å². The first-order valence-corrected chi connectivity index (χ1v) is 5.83. The number of nitrogens with two attached hydrogens (primary N) is 1. The number of unbranched alkanes of at least 4 members (excludes halogenated alkanes) is 1. The lowest BCUT2D eigenvalue weighted by Gasteiger charge is -2.16. The van der Waals surface area contributed by atoms with Crippen LogP contribution in [-0.2, 0) is 0 Å². The van der Waals surface area contributed by atoms with E-state index < -0.39 is 0 Å². The summed E-state index contributed by atoms with van der Waals surface area (Å²) >= 11 is 3.15. The fourth-order valence-electron chi connectivity index (χ4n) is 1.48. The van der Waals surface area contributed by atoms with E-state index in [1.165, 1.54) is 6.07 Å². The Balaban J connectivity index is 2.71. The van der Waals surface area contributed by atoms with E-state index in [4.69, 9.17) is 12.3 Å². The molecule has 3 N–H and O–H groups in total. The standard InChI is InChI=1S/C12H14BrFN2/c1-2-3-4-5-12(16-15)9-6-7-11(14)10(13)8-9/h1,6-8,12,16H,3-5,15H2. The summed E-state index contributed by atoms with van der Waals surface area (Å²) in [7, 11) is 0. The minimum Gasteiger partial charge on any atom is -0.271 e. The van der Waals surface area contributed by atoms with Crippen LogP contribution in [0, 0.1) is 18.2 Å². The van der Waals surface area contributed by atoms with E-state index in [1.54, 1.807) is 12.1 Å². The van der Waals surface area contributed by atoms with E-state index in [0.717, 1.165) is 24.8 Å². The first-order chi connectivity index (χ1) is 7.69. The molecule has 0 aliphatic rings. The predicted octanol–water partition coefficient (Wildman–Crippen LogP) is 2.90. The third-order valence-electron chi connectivity index (χ3n) is 2.36. The van der Waals surface area contributed by atoms with Gasteiger partial charge in [-0.3, -0.25) is 11.3 Å². The van der Waals surface area contributed by atoms with Gasteiger partial charge in [-0.05, 0) is 46.5 Å². The minimum absolute atomic E-state index is 0.00486. The van der Waals surface area contributed by atoms with Crippen molar-refractivity contribution >= 4 is 15.9 Å². The number of hydrogen-bond acceptors (Lipinski definition) is 2. The molecular weight excluding hydrogens is 271 g/mol. The molecule has 0 aliphatic heterocycles. The first-order valence-electron chi connectivity index (χ1n) is 5.03. The van der Waals surface area contributed by atoms with Crippen LogP contribution in [0.15, 0.2) is 22.7 Å². The Bertz CT molecular complexity index is 387. The Morgan fingerprint density at radius 1 is 1.56 bits per heavy atom. The van der Waals surface area contributed by atoms with E-state index in [9.17, 15) is 4.39 Å². The fraction of sp³-hybridized carbons (Fsp3) is 0.333. The molecule has 1 unspecified atom stereocenters. The average Bonchev–Trinajstić information content (AvgIpc) is 2.29. The number of nitrogens with one attached hydrogen (secondary N) is 1. The second-order valence-corrected chi connectivity index (χ2v) is 4.34. The van der Waals surface area contributed by atoms with Gasteiger partial charge in [-0.15, -0.1) is 12.3 Å². The Morgan fingerprint density at radius 2 is 2.31 bits per heavy atom. The van der Waals surface area contributed by atoms with Crippen LogP contribution >= 0.6 is 15.9 Å². The first kappa shape index (κ1) is 13.2. The molecule has 0 aromatic heterocycles. The van der Waals surface area contributed by atoms with Crippen LogP contribution in [0.1, 0.15) is 30.9 Å². The van der Waals surface area contributed by atoms with Gasteiger partial charge in [0.15, 0.2) is 0 Å². The molecule has 1 aromatic carbocycles. The SMILES string of the molecule is C#CCCCC(NN)c1ccc(F)c(Br)c1. The maximum Gasteiger partial charge on any atom is 0.137 e. The molecule has 1 atom stereocenters. The molecule has 0 radical (unpaired) electrons. The van der Waals surface area contributed by atoms with E-state index in [0.29, 0.717) is 4.47 Å². The van der Waals surface area contributed by atoms with Gasteiger partial charge in [-0.1, -0.05) is 6.07 Å². The van der Waals surface area contributed by atoms with E-state index in [-0.39, 0.29) is 11.9 Å². The number of hydrazine groups is 1. The molecule has 86 valence electrons. The molecule has 16 heavy (non-hydrogen) atoms. The lowest BCUT2D eigenvalue weighted by atomic mass is 10.0. The summed E-state index contributed by atoms with van der Waals surface area (Å²) in [5.41, 5.74) is 3.66. The number of hydrogen-bond donors (Lipinski definition) is 2. The highest BCUT2D eigenvalue weighted by molar-refractivity contribution is 9.10. The molecule has 0 heterocycles. The summed E-state index contributed by atoms with van der Waals surface area (Å²) in [5, 5.41) is 0. The van der Waals surface area contributed by atoms with E-state index >= 15 is 0 Å². The van der Waals surface area contributed by atoms with Gasteiger partial charge in [0.2, 0.25) is 0 Å². The van der Waals surface area contributed by atoms with Crippen LogP contribution < -0.4 is 11.3 Å². The maximum absolute atomic E-state index is 13.0. The van der Waals surface area contributed by atoms with Crippen LogP contribution in [-0.4, -0.2) is 0 Å². The van der Waals surface area contributed by atoms with Crippen LogP contribution in [0.25, 0.3) is 0 Å². The third-order valence-corrected chi connectivity index (χ3v) is 2.97. The topological polar surface area (TPSA) is 38.0 Å². The number of terminal acetylenes is 1. The van der Waals surface area contributed by atoms with Gasteiger partial charge in [0.1, 0.15) is 5.82 Å². The number of halogens is 2. The highest BCUT2D eigenvalue weighted by Crippen LogP contribution is 2.23. The Labute approximate surface area is 104 Å². The Kier molecular flexibility index (Phi) is 5.47. The summed E-state index contributed by atoms with van der Waals surface area (Å²) in [4.78, 5) is 0. The molecule has 0 amide bonds. The largest absolute Gasteiger partial charge is 0.271 e. The Morgan fingerprint density at radius 3 is 2.88 bits per heavy atom. The van der Waals surface area contributed by atoms with E-state index in [2.05, 4.69) is 27.3 Å². The van der Waals surface area contributed by atoms with Gasteiger partial charge in [0.25, 0.3) is 0 Å². The van der Waals surface area contributed by atoms with Crippen LogP contribution in [0.3, 0.4) is 0 Å². The quantitative estimate of drug-likeness (QED) is 0.378. The Hall–Kier alpha value is -0.890. The smallest absolute Gasteiger partial charge is 0.137 e. The molecule has 0 spiro atoms. The molecule has 1 aromatic rings. The molecule has 0 aliphatic carbocycles. The van der Waals surface area contributed by atoms with Crippen molar-refractivity contribution in [2.75, 3.05) is 0 Å². The second kappa shape index (κ2) is 6.64. The lowest BCUT2D eigenvalue weighted by Crippen LogP contribution is -2.28. The minimum atomic E-state index is -0.275. The van der Waals surface area contributed by atoms with Gasteiger partial charge in [0.05, 0.1) is 4.47 Å².